The van der Waals surface area contributed by atoms with Crippen molar-refractivity contribution in [2.45, 2.75) is 6.92 Å². The Morgan fingerprint density at radius 1 is 1.33 bits per heavy atom. The first kappa shape index (κ1) is 12.6. The highest BCUT2D eigenvalue weighted by atomic mass is 79.9. The molecule has 0 radical (unpaired) electrons. The van der Waals surface area contributed by atoms with Crippen LogP contribution in [0.1, 0.15) is 15.9 Å². The minimum Gasteiger partial charge on any atom is -0.478 e. The summed E-state index contributed by atoms with van der Waals surface area (Å²) in [5.41, 5.74) is 1.97. The van der Waals surface area contributed by atoms with Gasteiger partial charge < -0.3 is 10.4 Å². The molecule has 5 heteroatoms. The normalized spacial score (nSPS) is 10.1. The molecule has 0 saturated carbocycles. The maximum Gasteiger partial charge on any atom is 0.336 e. The molecule has 0 bridgehead atoms. The molecule has 1 heterocycles. The summed E-state index contributed by atoms with van der Waals surface area (Å²) in [6.07, 6.45) is 1.75. The molecule has 2 aromatic rings. The Labute approximate surface area is 113 Å². The van der Waals surface area contributed by atoms with Gasteiger partial charge in [-0.3, -0.25) is 0 Å². The van der Waals surface area contributed by atoms with Gasteiger partial charge in [-0.15, -0.1) is 0 Å². The maximum atomic E-state index is 11.0. The van der Waals surface area contributed by atoms with Gasteiger partial charge in [0.25, 0.3) is 0 Å². The molecular formula is C13H11BrN2O2. The van der Waals surface area contributed by atoms with E-state index in [2.05, 4.69) is 26.2 Å². The number of nitrogens with zero attached hydrogens (tertiary/aromatic N) is 1. The number of aromatic nitrogens is 1. The van der Waals surface area contributed by atoms with Crippen LogP contribution in [0.3, 0.4) is 0 Å². The van der Waals surface area contributed by atoms with E-state index in [0.717, 1.165) is 5.56 Å². The van der Waals surface area contributed by atoms with Gasteiger partial charge in [0.15, 0.2) is 0 Å². The average molecular weight is 307 g/mol. The number of hydrogen-bond donors (Lipinski definition) is 2. The molecule has 92 valence electrons. The summed E-state index contributed by atoms with van der Waals surface area (Å²) in [5, 5.41) is 12.1. The summed E-state index contributed by atoms with van der Waals surface area (Å²) in [4.78, 5) is 15.2. The Balaban J connectivity index is 2.27. The van der Waals surface area contributed by atoms with E-state index in [-0.39, 0.29) is 5.56 Å². The molecule has 0 spiro atoms. The van der Waals surface area contributed by atoms with Gasteiger partial charge in [-0.2, -0.15) is 0 Å². The highest BCUT2D eigenvalue weighted by molar-refractivity contribution is 9.10. The summed E-state index contributed by atoms with van der Waals surface area (Å²) in [7, 11) is 0. The van der Waals surface area contributed by atoms with Crippen molar-refractivity contribution in [2.24, 2.45) is 0 Å². The van der Waals surface area contributed by atoms with Crippen molar-refractivity contribution in [3.63, 3.8) is 0 Å². The van der Waals surface area contributed by atoms with Crippen LogP contribution in [0, 0.1) is 6.92 Å². The fourth-order valence-corrected chi connectivity index (χ4v) is 1.87. The molecule has 2 rings (SSSR count). The molecule has 18 heavy (non-hydrogen) atoms. The Bertz CT molecular complexity index is 582. The summed E-state index contributed by atoms with van der Waals surface area (Å²) in [5.74, 6) is -0.290. The van der Waals surface area contributed by atoms with Crippen LogP contribution in [-0.4, -0.2) is 16.1 Å². The molecule has 0 aliphatic heterocycles. The van der Waals surface area contributed by atoms with Crippen molar-refractivity contribution in [1.29, 1.82) is 0 Å². The number of carboxylic acid groups (broad SMARTS) is 1. The molecule has 0 unspecified atom stereocenters. The van der Waals surface area contributed by atoms with Crippen LogP contribution in [0.5, 0.6) is 0 Å². The lowest BCUT2D eigenvalue weighted by Crippen LogP contribution is -2.00. The predicted octanol–water partition coefficient (Wildman–Crippen LogP) is 3.59. The monoisotopic (exact) mass is 306 g/mol. The zero-order chi connectivity index (χ0) is 13.1. The zero-order valence-corrected chi connectivity index (χ0v) is 11.2. The summed E-state index contributed by atoms with van der Waals surface area (Å²) >= 11 is 3.20. The Kier molecular flexibility index (Phi) is 3.62. The van der Waals surface area contributed by atoms with E-state index in [1.165, 1.54) is 0 Å². The molecule has 1 aromatic carbocycles. The second-order valence-electron chi connectivity index (χ2n) is 3.85. The van der Waals surface area contributed by atoms with Crippen molar-refractivity contribution in [3.05, 3.63) is 52.1 Å². The lowest BCUT2D eigenvalue weighted by atomic mass is 10.2. The number of pyridine rings is 1. The van der Waals surface area contributed by atoms with Gasteiger partial charge >= 0.3 is 5.97 Å². The second kappa shape index (κ2) is 5.18. The van der Waals surface area contributed by atoms with Gasteiger partial charge in [-0.1, -0.05) is 6.07 Å². The number of nitrogens with one attached hydrogen (secondary N) is 1. The maximum absolute atomic E-state index is 11.0. The smallest absolute Gasteiger partial charge is 0.336 e. The molecule has 0 atom stereocenters. The molecule has 0 aliphatic carbocycles. The lowest BCUT2D eigenvalue weighted by Gasteiger charge is -2.07. The topological polar surface area (TPSA) is 62.2 Å². The van der Waals surface area contributed by atoms with Crippen molar-refractivity contribution in [3.8, 4) is 0 Å². The van der Waals surface area contributed by atoms with E-state index in [0.29, 0.717) is 16.0 Å². The van der Waals surface area contributed by atoms with Gasteiger partial charge in [-0.25, -0.2) is 9.78 Å². The van der Waals surface area contributed by atoms with Crippen LogP contribution in [0.2, 0.25) is 0 Å². The number of rotatable bonds is 3. The van der Waals surface area contributed by atoms with Crippen molar-refractivity contribution in [1.82, 2.24) is 4.98 Å². The minimum absolute atomic E-state index is 0.215. The SMILES string of the molecule is Cc1ccc(Nc2ccc(Br)c(C(=O)O)c2)nc1. The Hall–Kier alpha value is -1.88. The first-order valence-corrected chi connectivity index (χ1v) is 6.08. The van der Waals surface area contributed by atoms with Crippen molar-refractivity contribution in [2.75, 3.05) is 5.32 Å². The van der Waals surface area contributed by atoms with Crippen LogP contribution in [0.15, 0.2) is 41.0 Å². The highest BCUT2D eigenvalue weighted by Crippen LogP contribution is 2.23. The first-order chi connectivity index (χ1) is 8.56. The van der Waals surface area contributed by atoms with Gasteiger partial charge in [0.2, 0.25) is 0 Å². The number of benzene rings is 1. The van der Waals surface area contributed by atoms with Crippen LogP contribution in [0.25, 0.3) is 0 Å². The fraction of sp³-hybridized carbons (Fsp3) is 0.0769. The number of halogens is 1. The Morgan fingerprint density at radius 3 is 2.72 bits per heavy atom. The summed E-state index contributed by atoms with van der Waals surface area (Å²) < 4.78 is 0.553. The number of carboxylic acids is 1. The first-order valence-electron chi connectivity index (χ1n) is 5.29. The van der Waals surface area contributed by atoms with E-state index in [4.69, 9.17) is 5.11 Å². The van der Waals surface area contributed by atoms with Crippen LogP contribution < -0.4 is 5.32 Å². The van der Waals surface area contributed by atoms with Crippen LogP contribution in [-0.2, 0) is 0 Å². The third-order valence-electron chi connectivity index (χ3n) is 2.38. The molecule has 2 N–H and O–H groups in total. The van der Waals surface area contributed by atoms with Gasteiger partial charge in [0.1, 0.15) is 5.82 Å². The largest absolute Gasteiger partial charge is 0.478 e. The van der Waals surface area contributed by atoms with Crippen LogP contribution in [0.4, 0.5) is 11.5 Å². The molecule has 0 fully saturated rings. The third-order valence-corrected chi connectivity index (χ3v) is 3.07. The molecule has 0 saturated heterocycles. The quantitative estimate of drug-likeness (QED) is 0.909. The van der Waals surface area contributed by atoms with E-state index >= 15 is 0 Å². The summed E-state index contributed by atoms with van der Waals surface area (Å²) in [6, 6.07) is 8.83. The molecular weight excluding hydrogens is 296 g/mol. The zero-order valence-electron chi connectivity index (χ0n) is 9.64. The van der Waals surface area contributed by atoms with Crippen molar-refractivity contribution < 1.29 is 9.90 Å². The lowest BCUT2D eigenvalue weighted by molar-refractivity contribution is 0.0696. The van der Waals surface area contributed by atoms with E-state index in [1.54, 1.807) is 24.4 Å². The third kappa shape index (κ3) is 2.87. The van der Waals surface area contributed by atoms with E-state index in [9.17, 15) is 4.79 Å². The van der Waals surface area contributed by atoms with Gasteiger partial charge in [0.05, 0.1) is 5.56 Å². The number of aryl methyl sites for hydroxylation is 1. The minimum atomic E-state index is -0.970. The van der Waals surface area contributed by atoms with E-state index < -0.39 is 5.97 Å². The average Bonchev–Trinajstić information content (AvgIpc) is 2.34. The van der Waals surface area contributed by atoms with E-state index in [1.807, 2.05) is 19.1 Å². The highest BCUT2D eigenvalue weighted by Gasteiger charge is 2.09. The number of aromatic carboxylic acids is 1. The van der Waals surface area contributed by atoms with Gasteiger partial charge in [-0.05, 0) is 52.7 Å². The number of anilines is 2. The second-order valence-corrected chi connectivity index (χ2v) is 4.70. The number of carbonyl (C=O) groups is 1. The molecule has 4 nitrogen and oxygen atoms in total. The molecule has 0 aliphatic rings. The van der Waals surface area contributed by atoms with Crippen molar-refractivity contribution >= 4 is 33.4 Å². The van der Waals surface area contributed by atoms with Crippen LogP contribution >= 0.6 is 15.9 Å². The molecule has 1 aromatic heterocycles. The fourth-order valence-electron chi connectivity index (χ4n) is 1.46. The standard InChI is InChI=1S/C13H11BrN2O2/c1-8-2-5-12(15-7-8)16-9-3-4-11(14)10(6-9)13(17)18/h2-7H,1H3,(H,15,16)(H,17,18). The van der Waals surface area contributed by atoms with Gasteiger partial charge in [0, 0.05) is 16.4 Å². The molecule has 0 amide bonds. The summed E-state index contributed by atoms with van der Waals surface area (Å²) in [6.45, 7) is 1.96. The number of hydrogen-bond acceptors (Lipinski definition) is 3. The predicted molar refractivity (Wildman–Crippen MR) is 73.4 cm³/mol. The Morgan fingerprint density at radius 2 is 2.11 bits per heavy atom.